The van der Waals surface area contributed by atoms with Crippen molar-refractivity contribution < 1.29 is 40.9 Å². The second-order valence-electron chi connectivity index (χ2n) is 7.27. The highest BCUT2D eigenvalue weighted by molar-refractivity contribution is 5.35. The van der Waals surface area contributed by atoms with Crippen LogP contribution < -0.4 is 14.2 Å². The Morgan fingerprint density at radius 1 is 0.765 bits per heavy atom. The Hall–Kier alpha value is -3.33. The molecule has 0 fully saturated rings. The summed E-state index contributed by atoms with van der Waals surface area (Å²) in [5.74, 6) is -3.03. The molecule has 1 atom stereocenters. The number of rotatable bonds is 11. The smallest absolute Gasteiger partial charge is 0.397 e. The number of para-hydroxylation sites is 1. The van der Waals surface area contributed by atoms with E-state index in [0.717, 1.165) is 12.1 Å². The molecule has 0 heterocycles. The van der Waals surface area contributed by atoms with Crippen molar-refractivity contribution in [3.8, 4) is 23.0 Å². The van der Waals surface area contributed by atoms with Crippen molar-refractivity contribution in [3.63, 3.8) is 0 Å². The van der Waals surface area contributed by atoms with Crippen LogP contribution in [0, 0.1) is 17.6 Å². The molecule has 0 aromatic heterocycles. The summed E-state index contributed by atoms with van der Waals surface area (Å²) < 4.78 is 89.2. The standard InChI is InChI=1S/C25H23F5O4/c1-2-32-23-11-9-20(13-22(23)27)33-16-18(25(28,29)30)15-31-14-17-8-10-21(26)24(12-17)34-19-6-4-3-5-7-19/h3-13,18H,2,14-16H2,1H3. The zero-order valence-corrected chi connectivity index (χ0v) is 18.3. The molecule has 0 amide bonds. The first-order valence-electron chi connectivity index (χ1n) is 10.5. The third-order valence-corrected chi connectivity index (χ3v) is 4.67. The van der Waals surface area contributed by atoms with Gasteiger partial charge in [0.25, 0.3) is 0 Å². The Bertz CT molecular complexity index is 1060. The van der Waals surface area contributed by atoms with Crippen LogP contribution in [-0.2, 0) is 11.3 Å². The molecule has 0 saturated carbocycles. The van der Waals surface area contributed by atoms with Crippen molar-refractivity contribution >= 4 is 0 Å². The first-order chi connectivity index (χ1) is 16.3. The van der Waals surface area contributed by atoms with E-state index < -0.39 is 36.9 Å². The topological polar surface area (TPSA) is 36.9 Å². The highest BCUT2D eigenvalue weighted by Crippen LogP contribution is 2.30. The van der Waals surface area contributed by atoms with Crippen LogP contribution in [0.2, 0.25) is 0 Å². The SMILES string of the molecule is CCOc1ccc(OCC(COCc2ccc(F)c(Oc3ccccc3)c2)C(F)(F)F)cc1F. The molecule has 3 aromatic carbocycles. The van der Waals surface area contributed by atoms with E-state index in [1.165, 1.54) is 24.3 Å². The maximum Gasteiger partial charge on any atom is 0.397 e. The fourth-order valence-electron chi connectivity index (χ4n) is 2.93. The van der Waals surface area contributed by atoms with Crippen LogP contribution in [0.1, 0.15) is 12.5 Å². The van der Waals surface area contributed by atoms with Gasteiger partial charge in [-0.25, -0.2) is 8.78 Å². The number of alkyl halides is 3. The normalized spacial score (nSPS) is 12.3. The van der Waals surface area contributed by atoms with E-state index in [1.54, 1.807) is 37.3 Å². The number of hydrogen-bond acceptors (Lipinski definition) is 4. The van der Waals surface area contributed by atoms with Crippen molar-refractivity contribution in [2.24, 2.45) is 5.92 Å². The van der Waals surface area contributed by atoms with Crippen LogP contribution in [0.4, 0.5) is 22.0 Å². The molecule has 0 aliphatic carbocycles. The predicted octanol–water partition coefficient (Wildman–Crippen LogP) is 6.93. The molecule has 1 unspecified atom stereocenters. The Morgan fingerprint density at radius 2 is 1.53 bits per heavy atom. The van der Waals surface area contributed by atoms with Crippen LogP contribution in [-0.4, -0.2) is 26.0 Å². The van der Waals surface area contributed by atoms with E-state index in [2.05, 4.69) is 0 Å². The molecular weight excluding hydrogens is 459 g/mol. The molecule has 9 heteroatoms. The van der Waals surface area contributed by atoms with E-state index in [1.807, 2.05) is 0 Å². The second-order valence-corrected chi connectivity index (χ2v) is 7.27. The monoisotopic (exact) mass is 482 g/mol. The zero-order chi connectivity index (χ0) is 24.6. The Morgan fingerprint density at radius 3 is 2.21 bits per heavy atom. The predicted molar refractivity (Wildman–Crippen MR) is 115 cm³/mol. The van der Waals surface area contributed by atoms with Gasteiger partial charge in [-0.2, -0.15) is 13.2 Å². The lowest BCUT2D eigenvalue weighted by atomic mass is 10.1. The molecule has 182 valence electrons. The maximum atomic E-state index is 14.1. The maximum absolute atomic E-state index is 14.1. The van der Waals surface area contributed by atoms with Crippen molar-refractivity contribution in [1.29, 1.82) is 0 Å². The Kier molecular flexibility index (Phi) is 8.70. The van der Waals surface area contributed by atoms with Gasteiger partial charge in [0, 0.05) is 6.07 Å². The number of hydrogen-bond donors (Lipinski definition) is 0. The van der Waals surface area contributed by atoms with E-state index >= 15 is 0 Å². The fraction of sp³-hybridized carbons (Fsp3) is 0.280. The first kappa shape index (κ1) is 25.3. The van der Waals surface area contributed by atoms with Crippen LogP contribution in [0.15, 0.2) is 66.7 Å². The van der Waals surface area contributed by atoms with E-state index in [9.17, 15) is 22.0 Å². The van der Waals surface area contributed by atoms with E-state index in [4.69, 9.17) is 18.9 Å². The Balaban J connectivity index is 1.57. The van der Waals surface area contributed by atoms with E-state index in [0.29, 0.717) is 11.3 Å². The summed E-state index contributed by atoms with van der Waals surface area (Å²) in [5.41, 5.74) is 0.433. The van der Waals surface area contributed by atoms with E-state index in [-0.39, 0.29) is 30.5 Å². The lowest BCUT2D eigenvalue weighted by Gasteiger charge is -2.21. The van der Waals surface area contributed by atoms with Gasteiger partial charge in [0.15, 0.2) is 23.1 Å². The summed E-state index contributed by atoms with van der Waals surface area (Å²) in [6, 6.07) is 16.0. The van der Waals surface area contributed by atoms with Crippen molar-refractivity contribution in [2.45, 2.75) is 19.7 Å². The largest absolute Gasteiger partial charge is 0.493 e. The number of ether oxygens (including phenoxy) is 4. The van der Waals surface area contributed by atoms with Crippen LogP contribution in [0.5, 0.6) is 23.0 Å². The van der Waals surface area contributed by atoms with Gasteiger partial charge in [0.1, 0.15) is 24.0 Å². The van der Waals surface area contributed by atoms with Crippen LogP contribution in [0.25, 0.3) is 0 Å². The van der Waals surface area contributed by atoms with Gasteiger partial charge in [-0.05, 0) is 48.9 Å². The lowest BCUT2D eigenvalue weighted by Crippen LogP contribution is -2.32. The third kappa shape index (κ3) is 7.34. The molecule has 34 heavy (non-hydrogen) atoms. The van der Waals surface area contributed by atoms with Gasteiger partial charge in [0.05, 0.1) is 19.8 Å². The van der Waals surface area contributed by atoms with Crippen molar-refractivity contribution in [2.75, 3.05) is 19.8 Å². The molecule has 0 radical (unpaired) electrons. The lowest BCUT2D eigenvalue weighted by molar-refractivity contribution is -0.196. The average molecular weight is 482 g/mol. The molecule has 0 aliphatic rings. The molecule has 3 rings (SSSR count). The van der Waals surface area contributed by atoms with Crippen molar-refractivity contribution in [1.82, 2.24) is 0 Å². The summed E-state index contributed by atoms with van der Waals surface area (Å²) in [7, 11) is 0. The van der Waals surface area contributed by atoms with Gasteiger partial charge >= 0.3 is 6.18 Å². The third-order valence-electron chi connectivity index (χ3n) is 4.67. The summed E-state index contributed by atoms with van der Waals surface area (Å²) in [5, 5.41) is 0. The van der Waals surface area contributed by atoms with Crippen molar-refractivity contribution in [3.05, 3.63) is 83.9 Å². The summed E-state index contributed by atoms with van der Waals surface area (Å²) in [4.78, 5) is 0. The van der Waals surface area contributed by atoms with Gasteiger partial charge in [-0.1, -0.05) is 24.3 Å². The molecule has 0 aliphatic heterocycles. The summed E-state index contributed by atoms with van der Waals surface area (Å²) >= 11 is 0. The fourth-order valence-corrected chi connectivity index (χ4v) is 2.93. The summed E-state index contributed by atoms with van der Waals surface area (Å²) in [6.07, 6.45) is -4.60. The molecular formula is C25H23F5O4. The molecule has 0 N–H and O–H groups in total. The minimum absolute atomic E-state index is 0.0135. The summed E-state index contributed by atoms with van der Waals surface area (Å²) in [6.45, 7) is 0.271. The quantitative estimate of drug-likeness (QED) is 0.278. The average Bonchev–Trinajstić information content (AvgIpc) is 2.80. The highest BCUT2D eigenvalue weighted by Gasteiger charge is 2.40. The molecule has 3 aromatic rings. The van der Waals surface area contributed by atoms with Gasteiger partial charge < -0.3 is 18.9 Å². The minimum Gasteiger partial charge on any atom is -0.493 e. The van der Waals surface area contributed by atoms with Gasteiger partial charge in [-0.3, -0.25) is 0 Å². The molecule has 4 nitrogen and oxygen atoms in total. The first-order valence-corrected chi connectivity index (χ1v) is 10.5. The highest BCUT2D eigenvalue weighted by atomic mass is 19.4. The zero-order valence-electron chi connectivity index (χ0n) is 18.3. The molecule has 0 spiro atoms. The van der Waals surface area contributed by atoms with Crippen LogP contribution >= 0.6 is 0 Å². The Labute approximate surface area is 193 Å². The van der Waals surface area contributed by atoms with Gasteiger partial charge in [0.2, 0.25) is 0 Å². The van der Waals surface area contributed by atoms with Crippen LogP contribution in [0.3, 0.4) is 0 Å². The number of benzene rings is 3. The molecule has 0 bridgehead atoms. The van der Waals surface area contributed by atoms with Gasteiger partial charge in [-0.15, -0.1) is 0 Å². The minimum atomic E-state index is -4.60. The second kappa shape index (κ2) is 11.7. The number of halogens is 5. The molecule has 0 saturated heterocycles.